The fourth-order valence-electron chi connectivity index (χ4n) is 2.64. The van der Waals surface area contributed by atoms with Crippen molar-refractivity contribution in [1.82, 2.24) is 9.97 Å². The molecule has 0 fully saturated rings. The Bertz CT molecular complexity index is 909. The first-order valence-corrected chi connectivity index (χ1v) is 8.31. The monoisotopic (exact) mass is 372 g/mol. The van der Waals surface area contributed by atoms with Crippen LogP contribution in [0.2, 0.25) is 0 Å². The lowest BCUT2D eigenvalue weighted by Crippen LogP contribution is -2.21. The van der Waals surface area contributed by atoms with Crippen LogP contribution in [0.4, 0.5) is 36.3 Å². The predicted octanol–water partition coefficient (Wildman–Crippen LogP) is 5.34. The number of halogens is 3. The number of para-hydroxylation sites is 1. The number of aryl methyl sites for hydroxylation is 1. The number of anilines is 4. The molecule has 1 aromatic heterocycles. The molecular weight excluding hydrogens is 353 g/mol. The molecule has 0 aliphatic rings. The van der Waals surface area contributed by atoms with Crippen LogP contribution in [0.25, 0.3) is 0 Å². The smallest absolute Gasteiger partial charge is 0.329 e. The molecule has 0 radical (unpaired) electrons. The highest BCUT2D eigenvalue weighted by Crippen LogP contribution is 2.38. The molecule has 0 saturated carbocycles. The molecule has 4 nitrogen and oxygen atoms in total. The van der Waals surface area contributed by atoms with Crippen LogP contribution in [0.5, 0.6) is 0 Å². The molecule has 27 heavy (non-hydrogen) atoms. The molecule has 7 heteroatoms. The lowest BCUT2D eigenvalue weighted by Gasteiger charge is -2.25. The van der Waals surface area contributed by atoms with Crippen LogP contribution >= 0.6 is 0 Å². The molecule has 0 amide bonds. The molecule has 0 unspecified atom stereocenters. The number of hydrogen-bond donors (Lipinski definition) is 0. The van der Waals surface area contributed by atoms with Crippen LogP contribution in [0.15, 0.2) is 60.8 Å². The third-order valence-corrected chi connectivity index (χ3v) is 4.24. The van der Waals surface area contributed by atoms with Crippen molar-refractivity contribution in [3.63, 3.8) is 0 Å². The standard InChI is InChI=1S/C20H19F3N4/c1-14-9-11-16(12-10-14)26(2)18-17(20(21,22)23)13-24-19(25-18)27(3)15-7-5-4-6-8-15/h4-13H,1-3H3. The Morgan fingerprint density at radius 3 is 2.00 bits per heavy atom. The van der Waals surface area contributed by atoms with Gasteiger partial charge in [-0.05, 0) is 31.2 Å². The van der Waals surface area contributed by atoms with Gasteiger partial charge < -0.3 is 9.80 Å². The van der Waals surface area contributed by atoms with E-state index in [1.165, 1.54) is 4.90 Å². The van der Waals surface area contributed by atoms with Crippen LogP contribution in [0.1, 0.15) is 11.1 Å². The normalized spacial score (nSPS) is 11.3. The lowest BCUT2D eigenvalue weighted by atomic mass is 10.2. The number of rotatable bonds is 4. The van der Waals surface area contributed by atoms with Gasteiger partial charge in [0.05, 0.1) is 0 Å². The number of alkyl halides is 3. The zero-order valence-corrected chi connectivity index (χ0v) is 15.2. The van der Waals surface area contributed by atoms with E-state index in [2.05, 4.69) is 9.97 Å². The number of nitrogens with zero attached hydrogens (tertiary/aromatic N) is 4. The van der Waals surface area contributed by atoms with Gasteiger partial charge in [-0.3, -0.25) is 0 Å². The van der Waals surface area contributed by atoms with E-state index < -0.39 is 11.7 Å². The molecule has 1 heterocycles. The number of benzene rings is 2. The zero-order chi connectivity index (χ0) is 19.6. The molecule has 0 bridgehead atoms. The highest BCUT2D eigenvalue weighted by Gasteiger charge is 2.36. The van der Waals surface area contributed by atoms with Crippen molar-refractivity contribution in [2.75, 3.05) is 23.9 Å². The van der Waals surface area contributed by atoms with Gasteiger partial charge >= 0.3 is 6.18 Å². The highest BCUT2D eigenvalue weighted by molar-refractivity contribution is 5.65. The summed E-state index contributed by atoms with van der Waals surface area (Å²) in [5.41, 5.74) is 1.53. The second-order valence-corrected chi connectivity index (χ2v) is 6.19. The van der Waals surface area contributed by atoms with Gasteiger partial charge in [-0.1, -0.05) is 35.9 Å². The predicted molar refractivity (Wildman–Crippen MR) is 101 cm³/mol. The van der Waals surface area contributed by atoms with Gasteiger partial charge in [0.25, 0.3) is 0 Å². The Hall–Kier alpha value is -3.09. The van der Waals surface area contributed by atoms with Gasteiger partial charge in [-0.2, -0.15) is 18.2 Å². The summed E-state index contributed by atoms with van der Waals surface area (Å²) in [7, 11) is 3.28. The van der Waals surface area contributed by atoms with Crippen LogP contribution in [-0.4, -0.2) is 24.1 Å². The van der Waals surface area contributed by atoms with Crippen LogP contribution in [0, 0.1) is 6.92 Å². The van der Waals surface area contributed by atoms with E-state index in [0.29, 0.717) is 5.69 Å². The summed E-state index contributed by atoms with van der Waals surface area (Å²) >= 11 is 0. The quantitative estimate of drug-likeness (QED) is 0.619. The van der Waals surface area contributed by atoms with Gasteiger partial charge in [-0.25, -0.2) is 4.98 Å². The van der Waals surface area contributed by atoms with E-state index in [4.69, 9.17) is 0 Å². The largest absolute Gasteiger partial charge is 0.421 e. The molecule has 3 rings (SSSR count). The Kier molecular flexibility index (Phi) is 5.03. The molecule has 0 aliphatic heterocycles. The van der Waals surface area contributed by atoms with Crippen molar-refractivity contribution in [2.24, 2.45) is 0 Å². The molecule has 140 valence electrons. The third-order valence-electron chi connectivity index (χ3n) is 4.24. The highest BCUT2D eigenvalue weighted by atomic mass is 19.4. The molecule has 0 spiro atoms. The first kappa shape index (κ1) is 18.7. The summed E-state index contributed by atoms with van der Waals surface area (Å²) in [4.78, 5) is 11.2. The maximum absolute atomic E-state index is 13.5. The molecule has 2 aromatic carbocycles. The maximum Gasteiger partial charge on any atom is 0.421 e. The van der Waals surface area contributed by atoms with E-state index in [0.717, 1.165) is 17.4 Å². The van der Waals surface area contributed by atoms with Gasteiger partial charge in [0.1, 0.15) is 5.56 Å². The van der Waals surface area contributed by atoms with E-state index in [1.54, 1.807) is 31.1 Å². The summed E-state index contributed by atoms with van der Waals surface area (Å²) in [5.74, 6) is -0.0118. The Balaban J connectivity index is 2.07. The van der Waals surface area contributed by atoms with E-state index in [-0.39, 0.29) is 11.8 Å². The van der Waals surface area contributed by atoms with Crippen LogP contribution in [-0.2, 0) is 6.18 Å². The topological polar surface area (TPSA) is 32.3 Å². The molecule has 0 saturated heterocycles. The summed E-state index contributed by atoms with van der Waals surface area (Å²) in [6.07, 6.45) is -3.72. The van der Waals surface area contributed by atoms with Gasteiger partial charge in [0, 0.05) is 31.7 Å². The first-order valence-electron chi connectivity index (χ1n) is 8.31. The summed E-state index contributed by atoms with van der Waals surface area (Å²) in [6.45, 7) is 1.92. The molecule has 0 atom stereocenters. The van der Waals surface area contributed by atoms with Gasteiger partial charge in [-0.15, -0.1) is 0 Å². The fourth-order valence-corrected chi connectivity index (χ4v) is 2.64. The van der Waals surface area contributed by atoms with Crippen molar-refractivity contribution >= 4 is 23.1 Å². The summed E-state index contributed by atoms with van der Waals surface area (Å²) < 4.78 is 40.6. The van der Waals surface area contributed by atoms with Crippen molar-refractivity contribution in [3.05, 3.63) is 71.9 Å². The average Bonchev–Trinajstić information content (AvgIpc) is 2.67. The molecule has 0 N–H and O–H groups in total. The first-order chi connectivity index (χ1) is 12.8. The lowest BCUT2D eigenvalue weighted by molar-refractivity contribution is -0.137. The summed E-state index contributed by atoms with van der Waals surface area (Å²) in [5, 5.41) is 0. The van der Waals surface area contributed by atoms with Gasteiger partial charge in [0.2, 0.25) is 5.95 Å². The minimum absolute atomic E-state index is 0.183. The van der Waals surface area contributed by atoms with E-state index in [1.807, 2.05) is 49.4 Å². The van der Waals surface area contributed by atoms with Crippen LogP contribution in [0.3, 0.4) is 0 Å². The van der Waals surface area contributed by atoms with E-state index >= 15 is 0 Å². The SMILES string of the molecule is Cc1ccc(N(C)c2nc(N(C)c3ccccc3)ncc2C(F)(F)F)cc1. The second kappa shape index (κ2) is 7.26. The minimum atomic E-state index is -4.56. The Morgan fingerprint density at radius 2 is 1.41 bits per heavy atom. The Labute approximate surface area is 155 Å². The Morgan fingerprint density at radius 1 is 0.815 bits per heavy atom. The van der Waals surface area contributed by atoms with Crippen LogP contribution < -0.4 is 9.80 Å². The number of aromatic nitrogens is 2. The van der Waals surface area contributed by atoms with Crippen molar-refractivity contribution in [1.29, 1.82) is 0 Å². The summed E-state index contributed by atoms with van der Waals surface area (Å²) in [6, 6.07) is 16.4. The average molecular weight is 372 g/mol. The van der Waals surface area contributed by atoms with Crippen molar-refractivity contribution < 1.29 is 13.2 Å². The molecule has 3 aromatic rings. The minimum Gasteiger partial charge on any atom is -0.329 e. The van der Waals surface area contributed by atoms with Crippen molar-refractivity contribution in [2.45, 2.75) is 13.1 Å². The number of hydrogen-bond acceptors (Lipinski definition) is 4. The zero-order valence-electron chi connectivity index (χ0n) is 15.2. The van der Waals surface area contributed by atoms with Crippen molar-refractivity contribution in [3.8, 4) is 0 Å². The third kappa shape index (κ3) is 4.02. The molecule has 0 aliphatic carbocycles. The van der Waals surface area contributed by atoms with Gasteiger partial charge in [0.15, 0.2) is 5.82 Å². The van der Waals surface area contributed by atoms with E-state index in [9.17, 15) is 13.2 Å². The maximum atomic E-state index is 13.5. The fraction of sp³-hybridized carbons (Fsp3) is 0.200. The molecular formula is C20H19F3N4. The second-order valence-electron chi connectivity index (χ2n) is 6.19.